The fourth-order valence-electron chi connectivity index (χ4n) is 8.67. The third kappa shape index (κ3) is 3.68. The van der Waals surface area contributed by atoms with Crippen LogP contribution in [-0.2, 0) is 0 Å². The summed E-state index contributed by atoms with van der Waals surface area (Å²) in [5.74, 6) is 0. The van der Waals surface area contributed by atoms with Gasteiger partial charge in [0.2, 0.25) is 0 Å². The van der Waals surface area contributed by atoms with Gasteiger partial charge in [0.25, 0.3) is 0 Å². The fraction of sp³-hybridized carbons (Fsp3) is 0. The average Bonchev–Trinajstić information content (AvgIpc) is 3.71. The van der Waals surface area contributed by atoms with Crippen LogP contribution in [0.4, 0.5) is 0 Å². The molecule has 0 saturated heterocycles. The maximum absolute atomic E-state index is 2.52. The monoisotopic (exact) mass is 634 g/mol. The molecule has 2 heterocycles. The Kier molecular flexibility index (Phi) is 5.70. The van der Waals surface area contributed by atoms with E-state index in [-0.39, 0.29) is 0 Å². The minimum atomic E-state index is 1.16. The number of para-hydroxylation sites is 3. The molecule has 0 unspecified atom stereocenters. The lowest BCUT2D eigenvalue weighted by Crippen LogP contribution is -1.98. The first-order chi connectivity index (χ1) is 24.9. The Bertz CT molecular complexity index is 3130. The normalized spacial score (nSPS) is 12.0. The van der Waals surface area contributed by atoms with Crippen molar-refractivity contribution in [1.29, 1.82) is 0 Å². The van der Waals surface area contributed by atoms with Crippen LogP contribution in [0.25, 0.3) is 98.4 Å². The van der Waals surface area contributed by atoms with Crippen molar-refractivity contribution in [3.05, 3.63) is 182 Å². The van der Waals surface area contributed by atoms with Gasteiger partial charge in [0, 0.05) is 38.0 Å². The molecule has 0 amide bonds. The third-order valence-corrected chi connectivity index (χ3v) is 10.7. The molecule has 2 heteroatoms. The van der Waals surface area contributed by atoms with Crippen LogP contribution in [0.5, 0.6) is 0 Å². The molecule has 232 valence electrons. The van der Waals surface area contributed by atoms with Gasteiger partial charge < -0.3 is 9.13 Å². The first-order valence-corrected chi connectivity index (χ1v) is 17.3. The van der Waals surface area contributed by atoms with Crippen LogP contribution in [0.2, 0.25) is 0 Å². The van der Waals surface area contributed by atoms with Crippen LogP contribution in [0.3, 0.4) is 0 Å². The predicted molar refractivity (Wildman–Crippen MR) is 213 cm³/mol. The van der Waals surface area contributed by atoms with E-state index in [1.165, 1.54) is 92.7 Å². The van der Waals surface area contributed by atoms with E-state index in [2.05, 4.69) is 191 Å². The van der Waals surface area contributed by atoms with Crippen LogP contribution < -0.4 is 0 Å². The predicted octanol–water partition coefficient (Wildman–Crippen LogP) is 13.0. The summed E-state index contributed by atoms with van der Waals surface area (Å²) in [6.45, 7) is 0. The Morgan fingerprint density at radius 2 is 0.820 bits per heavy atom. The first kappa shape index (κ1) is 27.3. The quantitative estimate of drug-likeness (QED) is 0.171. The van der Waals surface area contributed by atoms with E-state index >= 15 is 0 Å². The zero-order valence-electron chi connectivity index (χ0n) is 27.2. The third-order valence-electron chi connectivity index (χ3n) is 10.7. The van der Waals surface area contributed by atoms with Gasteiger partial charge in [-0.05, 0) is 69.1 Å². The Labute approximate surface area is 288 Å². The number of rotatable bonds is 3. The molecule has 0 atom stereocenters. The Hall–Kier alpha value is -6.64. The maximum atomic E-state index is 2.52. The zero-order chi connectivity index (χ0) is 32.8. The van der Waals surface area contributed by atoms with E-state index < -0.39 is 0 Å². The highest BCUT2D eigenvalue weighted by atomic mass is 15.0. The summed E-state index contributed by atoms with van der Waals surface area (Å²) in [6.07, 6.45) is 0. The van der Waals surface area contributed by atoms with Gasteiger partial charge in [-0.1, -0.05) is 146 Å². The molecule has 9 aromatic carbocycles. The molecule has 11 rings (SSSR count). The van der Waals surface area contributed by atoms with Gasteiger partial charge in [-0.25, -0.2) is 0 Å². The molecule has 0 aliphatic rings. The van der Waals surface area contributed by atoms with Crippen LogP contribution in [0, 0.1) is 0 Å². The molecule has 2 aromatic heterocycles. The van der Waals surface area contributed by atoms with Crippen molar-refractivity contribution in [3.8, 4) is 22.5 Å². The molecule has 0 radical (unpaired) electrons. The number of benzene rings is 9. The highest BCUT2D eigenvalue weighted by Gasteiger charge is 2.23. The van der Waals surface area contributed by atoms with Crippen LogP contribution in [0.15, 0.2) is 182 Å². The van der Waals surface area contributed by atoms with Crippen LogP contribution in [-0.4, -0.2) is 9.13 Å². The second-order valence-electron chi connectivity index (χ2n) is 13.2. The summed E-state index contributed by atoms with van der Waals surface area (Å²) in [6, 6.07) is 66.6. The standard InChI is InChI=1S/C48H30N2/c1-3-15-31(16-4-1)33-27-29-43(46-38-23-10-8-20-35(38)34-19-7-9-22-37(34)45(33)46)50-42-26-14-12-24-40(42)47-44(50)30-28-39-36-21-11-13-25-41(36)49(48(39)47)32-17-5-2-6-18-32/h1-30H. The van der Waals surface area contributed by atoms with Crippen molar-refractivity contribution in [2.24, 2.45) is 0 Å². The Morgan fingerprint density at radius 1 is 0.280 bits per heavy atom. The number of hydrogen-bond acceptors (Lipinski definition) is 0. The SMILES string of the molecule is c1ccc(-c2ccc(-n3c4ccccc4c4c3ccc3c5ccccc5n(-c5ccccc5)c34)c3c4ccccc4c4ccccc4c23)cc1. The summed E-state index contributed by atoms with van der Waals surface area (Å²) in [5.41, 5.74) is 9.68. The molecule has 0 bridgehead atoms. The highest BCUT2D eigenvalue weighted by molar-refractivity contribution is 6.32. The van der Waals surface area contributed by atoms with Crippen LogP contribution in [0.1, 0.15) is 0 Å². The lowest BCUT2D eigenvalue weighted by atomic mass is 9.88. The zero-order valence-corrected chi connectivity index (χ0v) is 27.2. The fourth-order valence-corrected chi connectivity index (χ4v) is 8.67. The summed E-state index contributed by atoms with van der Waals surface area (Å²) < 4.78 is 4.98. The number of aromatic nitrogens is 2. The van der Waals surface area contributed by atoms with Crippen molar-refractivity contribution in [2.75, 3.05) is 0 Å². The summed E-state index contributed by atoms with van der Waals surface area (Å²) in [5, 5.41) is 12.7. The van der Waals surface area contributed by atoms with E-state index in [9.17, 15) is 0 Å². The highest BCUT2D eigenvalue weighted by Crippen LogP contribution is 2.46. The number of fused-ring (bicyclic) bond motifs is 13. The molecule has 0 saturated carbocycles. The number of nitrogens with zero attached hydrogens (tertiary/aromatic N) is 2. The maximum Gasteiger partial charge on any atom is 0.0641 e. The van der Waals surface area contributed by atoms with Gasteiger partial charge in [-0.3, -0.25) is 0 Å². The van der Waals surface area contributed by atoms with E-state index in [0.29, 0.717) is 0 Å². The molecule has 2 nitrogen and oxygen atoms in total. The molecule has 0 aliphatic heterocycles. The molecule has 50 heavy (non-hydrogen) atoms. The van der Waals surface area contributed by atoms with E-state index in [0.717, 1.165) is 5.69 Å². The van der Waals surface area contributed by atoms with Crippen molar-refractivity contribution >= 4 is 75.9 Å². The molecule has 0 fully saturated rings. The molecule has 0 spiro atoms. The van der Waals surface area contributed by atoms with Gasteiger partial charge in [0.05, 0.1) is 27.8 Å². The van der Waals surface area contributed by atoms with Gasteiger partial charge in [-0.2, -0.15) is 0 Å². The number of hydrogen-bond donors (Lipinski definition) is 0. The first-order valence-electron chi connectivity index (χ1n) is 17.3. The van der Waals surface area contributed by atoms with Crippen LogP contribution >= 0.6 is 0 Å². The lowest BCUT2D eigenvalue weighted by Gasteiger charge is -2.19. The minimum absolute atomic E-state index is 1.16. The van der Waals surface area contributed by atoms with Crippen molar-refractivity contribution < 1.29 is 0 Å². The molecule has 0 N–H and O–H groups in total. The summed E-state index contributed by atoms with van der Waals surface area (Å²) in [4.78, 5) is 0. The van der Waals surface area contributed by atoms with Crippen molar-refractivity contribution in [3.63, 3.8) is 0 Å². The molecule has 11 aromatic rings. The summed E-state index contributed by atoms with van der Waals surface area (Å²) in [7, 11) is 0. The van der Waals surface area contributed by atoms with E-state index in [1.54, 1.807) is 0 Å². The van der Waals surface area contributed by atoms with Crippen molar-refractivity contribution in [1.82, 2.24) is 9.13 Å². The Balaban J connectivity index is 1.37. The molecule has 0 aliphatic carbocycles. The Morgan fingerprint density at radius 3 is 1.52 bits per heavy atom. The smallest absolute Gasteiger partial charge is 0.0641 e. The minimum Gasteiger partial charge on any atom is -0.309 e. The largest absolute Gasteiger partial charge is 0.309 e. The second kappa shape index (κ2) is 10.4. The van der Waals surface area contributed by atoms with Crippen molar-refractivity contribution in [2.45, 2.75) is 0 Å². The average molecular weight is 635 g/mol. The molecular weight excluding hydrogens is 605 g/mol. The van der Waals surface area contributed by atoms with Gasteiger partial charge in [0.15, 0.2) is 0 Å². The lowest BCUT2D eigenvalue weighted by molar-refractivity contribution is 1.18. The van der Waals surface area contributed by atoms with Gasteiger partial charge in [0.1, 0.15) is 0 Å². The van der Waals surface area contributed by atoms with E-state index in [4.69, 9.17) is 0 Å². The van der Waals surface area contributed by atoms with Gasteiger partial charge >= 0.3 is 0 Å². The summed E-state index contributed by atoms with van der Waals surface area (Å²) >= 11 is 0. The second-order valence-corrected chi connectivity index (χ2v) is 13.2. The topological polar surface area (TPSA) is 9.86 Å². The van der Waals surface area contributed by atoms with E-state index in [1.807, 2.05) is 0 Å². The molecular formula is C48H30N2. The van der Waals surface area contributed by atoms with Gasteiger partial charge in [-0.15, -0.1) is 0 Å².